The van der Waals surface area contributed by atoms with E-state index >= 15 is 0 Å². The molecule has 0 aromatic heterocycles. The number of ether oxygens (including phenoxy) is 2. The number of rotatable bonds is 9. The lowest BCUT2D eigenvalue weighted by atomic mass is 9.96. The topological polar surface area (TPSA) is 66.6 Å². The van der Waals surface area contributed by atoms with E-state index in [-0.39, 0.29) is 0 Å². The number of nitrogens with one attached hydrogen (secondary N) is 4. The average molecular weight is 527 g/mol. The van der Waals surface area contributed by atoms with Crippen molar-refractivity contribution in [1.82, 2.24) is 10.6 Å². The van der Waals surface area contributed by atoms with Crippen LogP contribution in [0.1, 0.15) is 64.2 Å². The van der Waals surface area contributed by atoms with Gasteiger partial charge in [-0.25, -0.2) is 0 Å². The number of para-hydroxylation sites is 4. The minimum absolute atomic E-state index is 0.403. The zero-order chi connectivity index (χ0) is 25.0. The summed E-state index contributed by atoms with van der Waals surface area (Å²) in [5.74, 6) is 1.50. The molecule has 6 nitrogen and oxygen atoms in total. The molecule has 0 aliphatic heterocycles. The van der Waals surface area contributed by atoms with Gasteiger partial charge in [0.05, 0.1) is 11.4 Å². The summed E-state index contributed by atoms with van der Waals surface area (Å²) < 4.78 is 12.1. The molecular weight excluding hydrogens is 488 g/mol. The second-order valence-electron chi connectivity index (χ2n) is 9.56. The van der Waals surface area contributed by atoms with Gasteiger partial charge in [0.1, 0.15) is 24.7 Å². The standard InChI is InChI=1S/C28H38N4O2S2/c35-27(29-21-11-3-1-4-12-21)31-23-15-7-9-17-25(23)33-19-20-34-26-18-10-8-16-24(26)32-28(36)30-22-13-5-2-6-14-22/h7-10,15-18,21-22H,1-6,11-14,19-20H2,(H2,29,31,35)(H2,30,32,36). The van der Waals surface area contributed by atoms with Crippen LogP contribution in [0.3, 0.4) is 0 Å². The summed E-state index contributed by atoms with van der Waals surface area (Å²) in [6.07, 6.45) is 12.4. The smallest absolute Gasteiger partial charge is 0.171 e. The highest BCUT2D eigenvalue weighted by molar-refractivity contribution is 7.80. The normalized spacial score (nSPS) is 16.6. The number of anilines is 2. The summed E-state index contributed by atoms with van der Waals surface area (Å²) in [7, 11) is 0. The van der Waals surface area contributed by atoms with Gasteiger partial charge in [-0.2, -0.15) is 0 Å². The highest BCUT2D eigenvalue weighted by Gasteiger charge is 2.16. The molecule has 0 unspecified atom stereocenters. The van der Waals surface area contributed by atoms with E-state index in [1.54, 1.807) is 0 Å². The third-order valence-electron chi connectivity index (χ3n) is 6.75. The summed E-state index contributed by atoms with van der Waals surface area (Å²) >= 11 is 11.1. The van der Waals surface area contributed by atoms with Crippen LogP contribution in [-0.2, 0) is 0 Å². The first-order chi connectivity index (χ1) is 17.7. The first kappa shape index (κ1) is 26.5. The maximum Gasteiger partial charge on any atom is 0.171 e. The Kier molecular flexibility index (Phi) is 10.5. The van der Waals surface area contributed by atoms with Crippen molar-refractivity contribution in [2.45, 2.75) is 76.3 Å². The van der Waals surface area contributed by atoms with Gasteiger partial charge in [-0.05, 0) is 74.4 Å². The molecule has 0 heterocycles. The second-order valence-corrected chi connectivity index (χ2v) is 10.4. The summed E-state index contributed by atoms with van der Waals surface area (Å²) in [5.41, 5.74) is 1.71. The van der Waals surface area contributed by atoms with E-state index in [2.05, 4.69) is 21.3 Å². The van der Waals surface area contributed by atoms with Crippen molar-refractivity contribution in [1.29, 1.82) is 0 Å². The fraction of sp³-hybridized carbons (Fsp3) is 0.500. The van der Waals surface area contributed by atoms with Gasteiger partial charge in [-0.15, -0.1) is 0 Å². The van der Waals surface area contributed by atoms with Crippen LogP contribution in [0, 0.1) is 0 Å². The number of thiocarbonyl (C=S) groups is 2. The SMILES string of the molecule is S=C(Nc1ccccc1OCCOc1ccccc1NC(=S)NC1CCCCC1)NC1CCCCC1. The van der Waals surface area contributed by atoms with Crippen LogP contribution in [0.5, 0.6) is 11.5 Å². The molecule has 194 valence electrons. The van der Waals surface area contributed by atoms with E-state index in [1.807, 2.05) is 48.5 Å². The van der Waals surface area contributed by atoms with Crippen LogP contribution < -0.4 is 30.7 Å². The monoisotopic (exact) mass is 526 g/mol. The molecule has 2 fully saturated rings. The number of benzene rings is 2. The lowest BCUT2D eigenvalue weighted by Gasteiger charge is -2.25. The molecule has 0 amide bonds. The van der Waals surface area contributed by atoms with Crippen LogP contribution in [0.15, 0.2) is 48.5 Å². The van der Waals surface area contributed by atoms with Gasteiger partial charge in [0.15, 0.2) is 10.2 Å². The van der Waals surface area contributed by atoms with Gasteiger partial charge >= 0.3 is 0 Å². The zero-order valence-corrected chi connectivity index (χ0v) is 22.5. The van der Waals surface area contributed by atoms with Crippen LogP contribution in [0.4, 0.5) is 11.4 Å². The molecular formula is C28H38N4O2S2. The Bertz CT molecular complexity index is 912. The fourth-order valence-electron chi connectivity index (χ4n) is 4.88. The van der Waals surface area contributed by atoms with Crippen LogP contribution in [0.2, 0.25) is 0 Å². The van der Waals surface area contributed by atoms with Gasteiger partial charge in [0, 0.05) is 12.1 Å². The molecule has 2 aromatic carbocycles. The molecule has 4 N–H and O–H groups in total. The van der Waals surface area contributed by atoms with E-state index in [4.69, 9.17) is 33.9 Å². The van der Waals surface area contributed by atoms with Crippen molar-refractivity contribution >= 4 is 46.0 Å². The second kappa shape index (κ2) is 14.2. The number of hydrogen-bond acceptors (Lipinski definition) is 4. The van der Waals surface area contributed by atoms with Crippen molar-refractivity contribution in [3.05, 3.63) is 48.5 Å². The molecule has 8 heteroatoms. The van der Waals surface area contributed by atoms with Crippen molar-refractivity contribution in [2.24, 2.45) is 0 Å². The van der Waals surface area contributed by atoms with Crippen molar-refractivity contribution in [3.8, 4) is 11.5 Å². The summed E-state index contributed by atoms with van der Waals surface area (Å²) in [6, 6.07) is 16.6. The van der Waals surface area contributed by atoms with Gasteiger partial charge in [0.2, 0.25) is 0 Å². The largest absolute Gasteiger partial charge is 0.488 e. The molecule has 2 aromatic rings. The predicted octanol–water partition coefficient (Wildman–Crippen LogP) is 6.38. The number of hydrogen-bond donors (Lipinski definition) is 4. The average Bonchev–Trinajstić information content (AvgIpc) is 2.89. The maximum absolute atomic E-state index is 6.04. The summed E-state index contributed by atoms with van der Waals surface area (Å²) in [6.45, 7) is 0.807. The van der Waals surface area contributed by atoms with E-state index in [0.29, 0.717) is 35.5 Å². The van der Waals surface area contributed by atoms with E-state index in [1.165, 1.54) is 64.2 Å². The Hall–Kier alpha value is -2.58. The molecule has 0 radical (unpaired) electrons. The first-order valence-electron chi connectivity index (χ1n) is 13.3. The minimum Gasteiger partial charge on any atom is -0.488 e. The predicted molar refractivity (Wildman–Crippen MR) is 156 cm³/mol. The van der Waals surface area contributed by atoms with Crippen LogP contribution >= 0.6 is 24.4 Å². The Balaban J connectivity index is 1.23. The van der Waals surface area contributed by atoms with Gasteiger partial charge < -0.3 is 30.7 Å². The van der Waals surface area contributed by atoms with E-state index in [9.17, 15) is 0 Å². The van der Waals surface area contributed by atoms with Crippen LogP contribution in [0.25, 0.3) is 0 Å². The molecule has 2 aliphatic rings. The van der Waals surface area contributed by atoms with E-state index in [0.717, 1.165) is 22.9 Å². The maximum atomic E-state index is 6.04. The first-order valence-corrected chi connectivity index (χ1v) is 14.1. The highest BCUT2D eigenvalue weighted by atomic mass is 32.1. The third kappa shape index (κ3) is 8.52. The quantitative estimate of drug-likeness (QED) is 0.222. The van der Waals surface area contributed by atoms with Crippen molar-refractivity contribution in [3.63, 3.8) is 0 Å². The minimum atomic E-state index is 0.403. The fourth-order valence-corrected chi connectivity index (χ4v) is 5.43. The lowest BCUT2D eigenvalue weighted by molar-refractivity contribution is 0.218. The summed E-state index contributed by atoms with van der Waals surface area (Å²) in [5, 5.41) is 14.8. The molecule has 2 saturated carbocycles. The molecule has 0 atom stereocenters. The Morgan fingerprint density at radius 2 is 1.00 bits per heavy atom. The zero-order valence-electron chi connectivity index (χ0n) is 20.9. The summed E-state index contributed by atoms with van der Waals surface area (Å²) in [4.78, 5) is 0. The Labute approximate surface area is 225 Å². The van der Waals surface area contributed by atoms with Gasteiger partial charge in [-0.1, -0.05) is 62.8 Å². The Morgan fingerprint density at radius 1 is 0.611 bits per heavy atom. The Morgan fingerprint density at radius 3 is 1.42 bits per heavy atom. The molecule has 0 bridgehead atoms. The molecule has 0 saturated heterocycles. The lowest BCUT2D eigenvalue weighted by Crippen LogP contribution is -2.38. The van der Waals surface area contributed by atoms with Gasteiger partial charge in [0.25, 0.3) is 0 Å². The molecule has 4 rings (SSSR count). The third-order valence-corrected chi connectivity index (χ3v) is 7.19. The highest BCUT2D eigenvalue weighted by Crippen LogP contribution is 2.26. The molecule has 36 heavy (non-hydrogen) atoms. The van der Waals surface area contributed by atoms with Crippen LogP contribution in [-0.4, -0.2) is 35.5 Å². The van der Waals surface area contributed by atoms with E-state index < -0.39 is 0 Å². The van der Waals surface area contributed by atoms with Crippen molar-refractivity contribution < 1.29 is 9.47 Å². The molecule has 0 spiro atoms. The van der Waals surface area contributed by atoms with Gasteiger partial charge in [-0.3, -0.25) is 0 Å². The van der Waals surface area contributed by atoms with Crippen molar-refractivity contribution in [2.75, 3.05) is 23.8 Å². The molecule has 2 aliphatic carbocycles.